The van der Waals surface area contributed by atoms with E-state index in [-0.39, 0.29) is 11.8 Å². The number of hydrogen-bond donors (Lipinski definition) is 0. The lowest BCUT2D eigenvalue weighted by atomic mass is 10.4. The highest BCUT2D eigenvalue weighted by Gasteiger charge is 2.28. The molecule has 0 aromatic rings. The zero-order chi connectivity index (χ0) is 10.6. The molecule has 0 unspecified atom stereocenters. The summed E-state index contributed by atoms with van der Waals surface area (Å²) in [7, 11) is 0. The smallest absolute Gasteiger partial charge is 0.241 e. The Morgan fingerprint density at radius 1 is 1.50 bits per heavy atom. The van der Waals surface area contributed by atoms with Gasteiger partial charge in [-0.3, -0.25) is 19.6 Å². The van der Waals surface area contributed by atoms with Gasteiger partial charge in [-0.25, -0.2) is 0 Å². The van der Waals surface area contributed by atoms with Crippen molar-refractivity contribution >= 4 is 11.8 Å². The molecule has 0 aromatic heterocycles. The first kappa shape index (κ1) is 11.0. The second-order valence-electron chi connectivity index (χ2n) is 3.49. The summed E-state index contributed by atoms with van der Waals surface area (Å²) in [6.07, 6.45) is 2.80. The minimum Gasteiger partial charge on any atom is -0.273 e. The van der Waals surface area contributed by atoms with Crippen LogP contribution in [0.2, 0.25) is 0 Å². The van der Waals surface area contributed by atoms with E-state index in [1.807, 2.05) is 13.8 Å². The number of carbonyl (C=O) groups is 2. The minimum atomic E-state index is 0.0436. The van der Waals surface area contributed by atoms with Crippen LogP contribution in [0.4, 0.5) is 0 Å². The highest BCUT2D eigenvalue weighted by atomic mass is 16.2. The Bertz CT molecular complexity index is 228. The van der Waals surface area contributed by atoms with Gasteiger partial charge in [-0.2, -0.15) is 0 Å². The van der Waals surface area contributed by atoms with Crippen molar-refractivity contribution in [2.75, 3.05) is 13.1 Å². The van der Waals surface area contributed by atoms with Gasteiger partial charge in [0.1, 0.15) is 0 Å². The van der Waals surface area contributed by atoms with Gasteiger partial charge in [-0.15, -0.1) is 0 Å². The lowest BCUT2D eigenvalue weighted by Crippen LogP contribution is -2.47. The Morgan fingerprint density at radius 2 is 2.21 bits per heavy atom. The van der Waals surface area contributed by atoms with Crippen LogP contribution in [0.5, 0.6) is 0 Å². The Balaban J connectivity index is 2.65. The Morgan fingerprint density at radius 3 is 2.64 bits per heavy atom. The molecular formula is C10H18N2O2. The number of nitrogens with zero attached hydrogens (tertiary/aromatic N) is 2. The minimum absolute atomic E-state index is 0.0436. The van der Waals surface area contributed by atoms with Gasteiger partial charge in [0.25, 0.3) is 0 Å². The third-order valence-corrected chi connectivity index (χ3v) is 2.37. The second kappa shape index (κ2) is 4.98. The van der Waals surface area contributed by atoms with E-state index >= 15 is 0 Å². The maximum absolute atomic E-state index is 11.6. The summed E-state index contributed by atoms with van der Waals surface area (Å²) in [5.41, 5.74) is 0. The number of carbonyl (C=O) groups excluding carboxylic acids is 2. The van der Waals surface area contributed by atoms with Gasteiger partial charge in [-0.1, -0.05) is 13.8 Å². The fourth-order valence-electron chi connectivity index (χ4n) is 1.66. The Labute approximate surface area is 84.8 Å². The molecular weight excluding hydrogens is 180 g/mol. The molecule has 4 heteroatoms. The van der Waals surface area contributed by atoms with E-state index in [1.165, 1.54) is 0 Å². The van der Waals surface area contributed by atoms with Gasteiger partial charge in [0.2, 0.25) is 11.8 Å². The van der Waals surface area contributed by atoms with Crippen molar-refractivity contribution < 1.29 is 9.59 Å². The first-order valence-corrected chi connectivity index (χ1v) is 5.31. The number of rotatable bonds is 4. The van der Waals surface area contributed by atoms with Crippen molar-refractivity contribution in [3.05, 3.63) is 0 Å². The van der Waals surface area contributed by atoms with Crippen LogP contribution in [0.1, 0.15) is 39.5 Å². The van der Waals surface area contributed by atoms with Crippen molar-refractivity contribution in [3.63, 3.8) is 0 Å². The zero-order valence-electron chi connectivity index (χ0n) is 8.95. The summed E-state index contributed by atoms with van der Waals surface area (Å²) >= 11 is 0. The molecule has 2 amide bonds. The average molecular weight is 198 g/mol. The first-order chi connectivity index (χ1) is 6.70. The molecule has 1 rings (SSSR count). The molecule has 0 aromatic carbocycles. The van der Waals surface area contributed by atoms with E-state index in [0.717, 1.165) is 12.8 Å². The number of amides is 2. The van der Waals surface area contributed by atoms with Crippen molar-refractivity contribution in [3.8, 4) is 0 Å². The van der Waals surface area contributed by atoms with E-state index in [0.29, 0.717) is 25.9 Å². The molecule has 4 nitrogen and oxygen atoms in total. The Kier molecular flexibility index (Phi) is 3.92. The molecule has 0 saturated carbocycles. The van der Waals surface area contributed by atoms with Crippen molar-refractivity contribution in [1.82, 2.24) is 10.0 Å². The van der Waals surface area contributed by atoms with Crippen LogP contribution in [0.15, 0.2) is 0 Å². The summed E-state index contributed by atoms with van der Waals surface area (Å²) in [6.45, 7) is 5.19. The topological polar surface area (TPSA) is 40.6 Å². The zero-order valence-corrected chi connectivity index (χ0v) is 8.95. The van der Waals surface area contributed by atoms with Crippen LogP contribution in [0.3, 0.4) is 0 Å². The molecule has 14 heavy (non-hydrogen) atoms. The quantitative estimate of drug-likeness (QED) is 0.680. The van der Waals surface area contributed by atoms with Crippen molar-refractivity contribution in [1.29, 1.82) is 0 Å². The van der Waals surface area contributed by atoms with Crippen LogP contribution in [-0.4, -0.2) is 34.9 Å². The van der Waals surface area contributed by atoms with E-state index in [9.17, 15) is 9.59 Å². The van der Waals surface area contributed by atoms with Gasteiger partial charge in [0, 0.05) is 25.9 Å². The molecule has 1 fully saturated rings. The molecule has 1 aliphatic heterocycles. The van der Waals surface area contributed by atoms with Crippen LogP contribution in [0.25, 0.3) is 0 Å². The summed E-state index contributed by atoms with van der Waals surface area (Å²) < 4.78 is 0. The van der Waals surface area contributed by atoms with E-state index in [4.69, 9.17) is 0 Å². The molecule has 0 N–H and O–H groups in total. The molecule has 1 saturated heterocycles. The van der Waals surface area contributed by atoms with E-state index in [2.05, 4.69) is 0 Å². The number of hydrazine groups is 1. The normalized spacial score (nSPS) is 16.1. The lowest BCUT2D eigenvalue weighted by molar-refractivity contribution is -0.159. The molecule has 1 aliphatic rings. The van der Waals surface area contributed by atoms with Crippen LogP contribution >= 0.6 is 0 Å². The highest BCUT2D eigenvalue weighted by molar-refractivity contribution is 5.83. The predicted octanol–water partition coefficient (Wildman–Crippen LogP) is 1.17. The highest BCUT2D eigenvalue weighted by Crippen LogP contribution is 2.14. The standard InChI is InChI=1S/C10H18N2O2/c1-3-7-11(9(13)4-2)12-8-5-6-10(12)14/h3-8H2,1-2H3. The van der Waals surface area contributed by atoms with Crippen molar-refractivity contribution in [2.24, 2.45) is 0 Å². The van der Waals surface area contributed by atoms with Crippen LogP contribution in [0, 0.1) is 0 Å². The fraction of sp³-hybridized carbons (Fsp3) is 0.800. The van der Waals surface area contributed by atoms with Gasteiger partial charge in [0.05, 0.1) is 0 Å². The van der Waals surface area contributed by atoms with Crippen LogP contribution < -0.4 is 0 Å². The lowest BCUT2D eigenvalue weighted by Gasteiger charge is -2.31. The summed E-state index contributed by atoms with van der Waals surface area (Å²) in [5.74, 6) is 0.127. The SMILES string of the molecule is CCCN(C(=O)CC)N1CCCC1=O. The molecule has 0 radical (unpaired) electrons. The second-order valence-corrected chi connectivity index (χ2v) is 3.49. The maximum atomic E-state index is 11.6. The molecule has 80 valence electrons. The predicted molar refractivity (Wildman–Crippen MR) is 53.2 cm³/mol. The van der Waals surface area contributed by atoms with Crippen molar-refractivity contribution in [2.45, 2.75) is 39.5 Å². The maximum Gasteiger partial charge on any atom is 0.241 e. The van der Waals surface area contributed by atoms with E-state index in [1.54, 1.807) is 10.0 Å². The summed E-state index contributed by atoms with van der Waals surface area (Å²) in [6, 6.07) is 0. The number of hydrogen-bond acceptors (Lipinski definition) is 2. The first-order valence-electron chi connectivity index (χ1n) is 5.31. The fourth-order valence-corrected chi connectivity index (χ4v) is 1.66. The molecule has 0 bridgehead atoms. The monoisotopic (exact) mass is 198 g/mol. The van der Waals surface area contributed by atoms with Gasteiger partial charge in [0.15, 0.2) is 0 Å². The molecule has 0 atom stereocenters. The average Bonchev–Trinajstić information content (AvgIpc) is 2.60. The van der Waals surface area contributed by atoms with Gasteiger partial charge < -0.3 is 0 Å². The van der Waals surface area contributed by atoms with Gasteiger partial charge in [-0.05, 0) is 12.8 Å². The largest absolute Gasteiger partial charge is 0.273 e. The van der Waals surface area contributed by atoms with Gasteiger partial charge >= 0.3 is 0 Å². The molecule has 0 aliphatic carbocycles. The Hall–Kier alpha value is -1.06. The van der Waals surface area contributed by atoms with E-state index < -0.39 is 0 Å². The van der Waals surface area contributed by atoms with Crippen LogP contribution in [-0.2, 0) is 9.59 Å². The summed E-state index contributed by atoms with van der Waals surface area (Å²) in [5, 5.41) is 3.21. The third-order valence-electron chi connectivity index (χ3n) is 2.37. The summed E-state index contributed by atoms with van der Waals surface area (Å²) in [4.78, 5) is 23.0. The molecule has 1 heterocycles. The third kappa shape index (κ3) is 2.25. The molecule has 0 spiro atoms.